The van der Waals surface area contributed by atoms with Crippen molar-refractivity contribution < 1.29 is 9.59 Å². The Morgan fingerprint density at radius 2 is 1.10 bits per heavy atom. The van der Waals surface area contributed by atoms with Crippen molar-refractivity contribution in [3.8, 4) is 0 Å². The zero-order chi connectivity index (χ0) is 29.8. The van der Waals surface area contributed by atoms with Crippen LogP contribution in [0.5, 0.6) is 0 Å². The number of allylic oxidation sites excluding steroid dienone is 2. The topological polar surface area (TPSA) is 61.4 Å². The van der Waals surface area contributed by atoms with Crippen molar-refractivity contribution in [2.45, 2.75) is 33.2 Å². The molecule has 0 saturated heterocycles. The summed E-state index contributed by atoms with van der Waals surface area (Å²) in [6.07, 6.45) is 0. The smallest absolute Gasteiger partial charge is 0.254 e. The zero-order valence-electron chi connectivity index (χ0n) is 23.6. The van der Waals surface area contributed by atoms with Crippen molar-refractivity contribution in [3.63, 3.8) is 0 Å². The van der Waals surface area contributed by atoms with Crippen molar-refractivity contribution in [2.24, 2.45) is 0 Å². The number of hydrogen-bond donors (Lipinski definition) is 2. The summed E-state index contributed by atoms with van der Waals surface area (Å²) in [6, 6.07) is 32.1. The molecule has 7 heteroatoms. The van der Waals surface area contributed by atoms with E-state index in [1.807, 2.05) is 105 Å². The van der Waals surface area contributed by atoms with Gasteiger partial charge in [-0.2, -0.15) is 0 Å². The molecule has 5 nitrogen and oxygen atoms in total. The van der Waals surface area contributed by atoms with E-state index in [2.05, 4.69) is 10.6 Å². The van der Waals surface area contributed by atoms with Gasteiger partial charge in [0.25, 0.3) is 11.8 Å². The monoisotopic (exact) mass is 595 g/mol. The van der Waals surface area contributed by atoms with E-state index >= 15 is 0 Å². The van der Waals surface area contributed by atoms with Crippen LogP contribution in [0, 0.1) is 6.92 Å². The number of amides is 2. The van der Waals surface area contributed by atoms with Crippen LogP contribution >= 0.6 is 23.2 Å². The van der Waals surface area contributed by atoms with Gasteiger partial charge in [0.15, 0.2) is 0 Å². The Morgan fingerprint density at radius 1 is 0.643 bits per heavy atom. The van der Waals surface area contributed by atoms with E-state index in [1.54, 1.807) is 24.3 Å². The molecule has 0 fully saturated rings. The second kappa shape index (κ2) is 12.7. The molecule has 1 heterocycles. The van der Waals surface area contributed by atoms with E-state index in [4.69, 9.17) is 23.2 Å². The van der Waals surface area contributed by atoms with Gasteiger partial charge in [0.2, 0.25) is 0 Å². The lowest BCUT2D eigenvalue weighted by Gasteiger charge is -2.39. The second-order valence-electron chi connectivity index (χ2n) is 10.3. The summed E-state index contributed by atoms with van der Waals surface area (Å²) in [6.45, 7) is 6.34. The second-order valence-corrected chi connectivity index (χ2v) is 11.1. The first kappa shape index (κ1) is 29.2. The van der Waals surface area contributed by atoms with Crippen molar-refractivity contribution in [2.75, 3.05) is 10.6 Å². The summed E-state index contributed by atoms with van der Waals surface area (Å²) in [5.41, 5.74) is 6.36. The highest BCUT2D eigenvalue weighted by atomic mass is 35.5. The molecule has 0 unspecified atom stereocenters. The Hall–Kier alpha value is -4.32. The van der Waals surface area contributed by atoms with Gasteiger partial charge in [0.1, 0.15) is 0 Å². The van der Waals surface area contributed by atoms with Crippen LogP contribution in [0.4, 0.5) is 11.4 Å². The third-order valence-corrected chi connectivity index (χ3v) is 8.15. The van der Waals surface area contributed by atoms with Gasteiger partial charge in [-0.1, -0.05) is 108 Å². The Labute approximate surface area is 256 Å². The predicted molar refractivity (Wildman–Crippen MR) is 171 cm³/mol. The molecule has 0 saturated carbocycles. The number of carbonyl (C=O) groups is 2. The maximum absolute atomic E-state index is 14.2. The maximum atomic E-state index is 14.2. The van der Waals surface area contributed by atoms with Gasteiger partial charge in [-0.15, -0.1) is 0 Å². The lowest BCUT2D eigenvalue weighted by atomic mass is 9.78. The van der Waals surface area contributed by atoms with Gasteiger partial charge < -0.3 is 15.5 Å². The van der Waals surface area contributed by atoms with Gasteiger partial charge in [-0.25, -0.2) is 0 Å². The van der Waals surface area contributed by atoms with E-state index in [-0.39, 0.29) is 11.8 Å². The SMILES string of the molecule is CC1=C(C(=O)Nc2ccccc2Cl)C(c2ccc(C)cc2)C(C(=O)Nc2ccccc2Cl)=C(C)N1Cc1ccccc1. The highest BCUT2D eigenvalue weighted by molar-refractivity contribution is 6.34. The van der Waals surface area contributed by atoms with E-state index in [1.165, 1.54) is 0 Å². The van der Waals surface area contributed by atoms with Crippen LogP contribution in [0.3, 0.4) is 0 Å². The Balaban J connectivity index is 1.68. The molecule has 2 amide bonds. The fourth-order valence-corrected chi connectivity index (χ4v) is 5.66. The van der Waals surface area contributed by atoms with Crippen LogP contribution in [-0.2, 0) is 16.1 Å². The molecule has 2 N–H and O–H groups in total. The highest BCUT2D eigenvalue weighted by Gasteiger charge is 2.39. The largest absolute Gasteiger partial charge is 0.344 e. The summed E-state index contributed by atoms with van der Waals surface area (Å²) in [4.78, 5) is 30.5. The molecular weight excluding hydrogens is 565 g/mol. The van der Waals surface area contributed by atoms with E-state index in [0.29, 0.717) is 39.1 Å². The molecule has 1 aliphatic rings. The average molecular weight is 597 g/mol. The average Bonchev–Trinajstić information content (AvgIpc) is 2.98. The number of rotatable bonds is 7. The molecule has 212 valence electrons. The number of halogens is 2. The molecule has 0 aliphatic carbocycles. The number of anilines is 2. The van der Waals surface area contributed by atoms with Crippen molar-refractivity contribution in [1.82, 2.24) is 4.90 Å². The molecule has 1 aliphatic heterocycles. The predicted octanol–water partition coefficient (Wildman–Crippen LogP) is 8.73. The highest BCUT2D eigenvalue weighted by Crippen LogP contribution is 2.44. The molecule has 0 bridgehead atoms. The van der Waals surface area contributed by atoms with Gasteiger partial charge in [-0.3, -0.25) is 9.59 Å². The quantitative estimate of drug-likeness (QED) is 0.224. The van der Waals surface area contributed by atoms with Crippen LogP contribution in [0.1, 0.15) is 36.5 Å². The first-order valence-electron chi connectivity index (χ1n) is 13.7. The Morgan fingerprint density at radius 3 is 1.57 bits per heavy atom. The number of benzene rings is 4. The van der Waals surface area contributed by atoms with Crippen molar-refractivity contribution in [1.29, 1.82) is 0 Å². The van der Waals surface area contributed by atoms with Gasteiger partial charge in [-0.05, 0) is 56.2 Å². The summed E-state index contributed by atoms with van der Waals surface area (Å²) in [5.74, 6) is -1.32. The van der Waals surface area contributed by atoms with Gasteiger partial charge >= 0.3 is 0 Å². The molecule has 0 spiro atoms. The zero-order valence-corrected chi connectivity index (χ0v) is 25.1. The molecule has 42 heavy (non-hydrogen) atoms. The molecule has 0 atom stereocenters. The Bertz CT molecular complexity index is 1610. The standard InChI is InChI=1S/C35H31Cl2N3O2/c1-22-17-19-26(20-18-22)33-31(34(41)38-29-15-9-7-13-27(29)36)23(2)40(21-25-11-5-4-6-12-25)24(3)32(33)35(42)39-30-16-10-8-14-28(30)37/h4-20,33H,21H2,1-3H3,(H,38,41)(H,39,42). The molecular formula is C35H31Cl2N3O2. The van der Waals surface area contributed by atoms with Crippen LogP contribution in [0.15, 0.2) is 126 Å². The first-order valence-corrected chi connectivity index (χ1v) is 14.4. The van der Waals surface area contributed by atoms with Crippen LogP contribution in [-0.4, -0.2) is 16.7 Å². The van der Waals surface area contributed by atoms with Crippen molar-refractivity contribution in [3.05, 3.63) is 152 Å². The number of aryl methyl sites for hydroxylation is 1. The third kappa shape index (κ3) is 6.13. The summed E-state index contributed by atoms with van der Waals surface area (Å²) < 4.78 is 0. The normalized spacial score (nSPS) is 13.8. The minimum absolute atomic E-state index is 0.334. The van der Waals surface area contributed by atoms with Crippen molar-refractivity contribution >= 4 is 46.4 Å². The number of nitrogens with one attached hydrogen (secondary N) is 2. The summed E-state index contributed by atoms with van der Waals surface area (Å²) in [7, 11) is 0. The minimum atomic E-state index is -0.650. The lowest BCUT2D eigenvalue weighted by Crippen LogP contribution is -2.37. The Kier molecular flexibility index (Phi) is 8.81. The van der Waals surface area contributed by atoms with Crippen LogP contribution in [0.25, 0.3) is 0 Å². The minimum Gasteiger partial charge on any atom is -0.344 e. The third-order valence-electron chi connectivity index (χ3n) is 7.49. The molecule has 0 radical (unpaired) electrons. The molecule has 4 aromatic rings. The number of para-hydroxylation sites is 2. The number of carbonyl (C=O) groups excluding carboxylic acids is 2. The van der Waals surface area contributed by atoms with Crippen LogP contribution in [0.2, 0.25) is 10.0 Å². The summed E-state index contributed by atoms with van der Waals surface area (Å²) >= 11 is 12.9. The van der Waals surface area contributed by atoms with E-state index in [9.17, 15) is 9.59 Å². The van der Waals surface area contributed by atoms with E-state index < -0.39 is 5.92 Å². The lowest BCUT2D eigenvalue weighted by molar-refractivity contribution is -0.113. The molecule has 0 aromatic heterocycles. The van der Waals surface area contributed by atoms with Gasteiger partial charge in [0.05, 0.1) is 21.4 Å². The fraction of sp³-hybridized carbons (Fsp3) is 0.143. The number of nitrogens with zero attached hydrogens (tertiary/aromatic N) is 1. The van der Waals surface area contributed by atoms with Crippen LogP contribution < -0.4 is 10.6 Å². The summed E-state index contributed by atoms with van der Waals surface area (Å²) in [5, 5.41) is 6.87. The van der Waals surface area contributed by atoms with E-state index in [0.717, 1.165) is 28.1 Å². The number of hydrogen-bond acceptors (Lipinski definition) is 3. The van der Waals surface area contributed by atoms with Gasteiger partial charge in [0, 0.05) is 35.0 Å². The first-order chi connectivity index (χ1) is 20.2. The fourth-order valence-electron chi connectivity index (χ4n) is 5.30. The maximum Gasteiger partial charge on any atom is 0.254 e. The molecule has 4 aromatic carbocycles. The molecule has 5 rings (SSSR count).